The normalized spacial score (nSPS) is 12.4. The summed E-state index contributed by atoms with van der Waals surface area (Å²) in [6.45, 7) is 2.00. The van der Waals surface area contributed by atoms with Gasteiger partial charge in [0, 0.05) is 25.3 Å². The van der Waals surface area contributed by atoms with Crippen molar-refractivity contribution in [2.45, 2.75) is 25.9 Å². The maximum atomic E-state index is 9.83. The van der Waals surface area contributed by atoms with Gasteiger partial charge in [-0.1, -0.05) is 24.6 Å². The summed E-state index contributed by atoms with van der Waals surface area (Å²) in [7, 11) is 3.95. The average Bonchev–Trinajstić information content (AvgIpc) is 2.89. The second-order valence-electron chi connectivity index (χ2n) is 4.71. The lowest BCUT2D eigenvalue weighted by Gasteiger charge is -2.12. The highest BCUT2D eigenvalue weighted by Gasteiger charge is 2.15. The molecular weight excluding hydrogens is 242 g/mol. The number of aromatic nitrogens is 2. The van der Waals surface area contributed by atoms with Gasteiger partial charge in [-0.2, -0.15) is 4.98 Å². The largest absolute Gasteiger partial charge is 0.385 e. The van der Waals surface area contributed by atoms with E-state index < -0.39 is 6.10 Å². The van der Waals surface area contributed by atoms with Crippen LogP contribution in [0.15, 0.2) is 28.8 Å². The van der Waals surface area contributed by atoms with Crippen LogP contribution < -0.4 is 4.90 Å². The first-order chi connectivity index (χ1) is 9.11. The molecule has 1 aromatic carbocycles. The van der Waals surface area contributed by atoms with E-state index in [0.717, 1.165) is 17.7 Å². The Labute approximate surface area is 112 Å². The van der Waals surface area contributed by atoms with Crippen LogP contribution in [0.25, 0.3) is 11.5 Å². The predicted molar refractivity (Wildman–Crippen MR) is 73.9 cm³/mol. The molecule has 0 aliphatic rings. The summed E-state index contributed by atoms with van der Waals surface area (Å²) in [4.78, 5) is 6.26. The Hall–Kier alpha value is -1.88. The van der Waals surface area contributed by atoms with Crippen LogP contribution in [0.4, 0.5) is 5.69 Å². The number of rotatable bonds is 5. The van der Waals surface area contributed by atoms with Crippen molar-refractivity contribution < 1.29 is 9.63 Å². The minimum absolute atomic E-state index is 0.354. The Balaban J connectivity index is 2.25. The van der Waals surface area contributed by atoms with Crippen LogP contribution in [0.3, 0.4) is 0 Å². The topological polar surface area (TPSA) is 62.4 Å². The first-order valence-electron chi connectivity index (χ1n) is 6.41. The number of anilines is 1. The van der Waals surface area contributed by atoms with E-state index in [9.17, 15) is 5.11 Å². The highest BCUT2D eigenvalue weighted by atomic mass is 16.5. The van der Waals surface area contributed by atoms with E-state index in [4.69, 9.17) is 4.52 Å². The fourth-order valence-corrected chi connectivity index (χ4v) is 1.81. The van der Waals surface area contributed by atoms with Gasteiger partial charge in [-0.25, -0.2) is 0 Å². The van der Waals surface area contributed by atoms with E-state index in [0.29, 0.717) is 18.1 Å². The lowest BCUT2D eigenvalue weighted by atomic mass is 10.2. The van der Waals surface area contributed by atoms with E-state index in [1.165, 1.54) is 0 Å². The third-order valence-electron chi connectivity index (χ3n) is 2.91. The minimum Gasteiger partial charge on any atom is -0.385 e. The van der Waals surface area contributed by atoms with E-state index in [2.05, 4.69) is 10.1 Å². The minimum atomic E-state index is -0.653. The molecule has 5 nitrogen and oxygen atoms in total. The van der Waals surface area contributed by atoms with Crippen LogP contribution in [0.1, 0.15) is 31.7 Å². The molecule has 19 heavy (non-hydrogen) atoms. The predicted octanol–water partition coefficient (Wildman–Crippen LogP) is 2.64. The molecule has 1 heterocycles. The molecule has 1 unspecified atom stereocenters. The zero-order valence-corrected chi connectivity index (χ0v) is 11.5. The quantitative estimate of drug-likeness (QED) is 0.896. The Kier molecular flexibility index (Phi) is 4.16. The summed E-state index contributed by atoms with van der Waals surface area (Å²) >= 11 is 0. The van der Waals surface area contributed by atoms with Gasteiger partial charge in [-0.15, -0.1) is 0 Å². The molecule has 0 saturated carbocycles. The molecule has 2 aromatic rings. The maximum Gasteiger partial charge on any atom is 0.258 e. The summed E-state index contributed by atoms with van der Waals surface area (Å²) < 4.78 is 5.21. The number of benzene rings is 1. The van der Waals surface area contributed by atoms with Crippen molar-refractivity contribution in [3.63, 3.8) is 0 Å². The Morgan fingerprint density at radius 3 is 2.84 bits per heavy atom. The molecule has 1 N–H and O–H groups in total. The summed E-state index contributed by atoms with van der Waals surface area (Å²) in [6.07, 6.45) is 0.859. The first-order valence-corrected chi connectivity index (χ1v) is 6.41. The fraction of sp³-hybridized carbons (Fsp3) is 0.429. The van der Waals surface area contributed by atoms with Gasteiger partial charge in [-0.3, -0.25) is 0 Å². The summed E-state index contributed by atoms with van der Waals surface area (Å²) in [6, 6.07) is 7.84. The Bertz CT molecular complexity index is 537. The van der Waals surface area contributed by atoms with Crippen molar-refractivity contribution in [3.05, 3.63) is 30.1 Å². The molecule has 102 valence electrons. The van der Waals surface area contributed by atoms with Crippen LogP contribution in [0.5, 0.6) is 0 Å². The van der Waals surface area contributed by atoms with Crippen molar-refractivity contribution in [2.24, 2.45) is 0 Å². The van der Waals surface area contributed by atoms with Crippen LogP contribution in [-0.4, -0.2) is 29.3 Å². The second kappa shape index (κ2) is 5.84. The first kappa shape index (κ1) is 13.5. The zero-order valence-electron chi connectivity index (χ0n) is 11.5. The van der Waals surface area contributed by atoms with Gasteiger partial charge in [-0.05, 0) is 24.6 Å². The van der Waals surface area contributed by atoms with Gasteiger partial charge in [0.05, 0.1) is 0 Å². The van der Waals surface area contributed by atoms with Gasteiger partial charge in [0.1, 0.15) is 6.10 Å². The maximum absolute atomic E-state index is 9.83. The smallest absolute Gasteiger partial charge is 0.258 e. The summed E-state index contributed by atoms with van der Waals surface area (Å²) in [5, 5.41) is 13.7. The van der Waals surface area contributed by atoms with E-state index in [1.54, 1.807) is 0 Å². The standard InChI is InChI=1S/C14H19N3O2/c1-4-6-12(18)13-15-14(19-16-13)10-7-5-8-11(9-10)17(2)3/h5,7-9,12,18H,4,6H2,1-3H3. The van der Waals surface area contributed by atoms with Gasteiger partial charge >= 0.3 is 0 Å². The number of aliphatic hydroxyl groups is 1. The molecule has 0 saturated heterocycles. The fourth-order valence-electron chi connectivity index (χ4n) is 1.81. The van der Waals surface area contributed by atoms with Crippen LogP contribution in [0.2, 0.25) is 0 Å². The third-order valence-corrected chi connectivity index (χ3v) is 2.91. The van der Waals surface area contributed by atoms with Crippen LogP contribution >= 0.6 is 0 Å². The molecule has 0 amide bonds. The molecule has 0 radical (unpaired) electrons. The molecule has 0 bridgehead atoms. The molecule has 0 fully saturated rings. The molecule has 0 aliphatic heterocycles. The van der Waals surface area contributed by atoms with E-state index >= 15 is 0 Å². The van der Waals surface area contributed by atoms with E-state index in [-0.39, 0.29) is 0 Å². The number of aliphatic hydroxyl groups excluding tert-OH is 1. The van der Waals surface area contributed by atoms with Crippen molar-refractivity contribution in [3.8, 4) is 11.5 Å². The second-order valence-corrected chi connectivity index (χ2v) is 4.71. The highest BCUT2D eigenvalue weighted by Crippen LogP contribution is 2.24. The van der Waals surface area contributed by atoms with E-state index in [1.807, 2.05) is 50.2 Å². The number of nitrogens with zero attached hydrogens (tertiary/aromatic N) is 3. The van der Waals surface area contributed by atoms with Crippen molar-refractivity contribution in [1.82, 2.24) is 10.1 Å². The van der Waals surface area contributed by atoms with Gasteiger partial charge < -0.3 is 14.5 Å². The highest BCUT2D eigenvalue weighted by molar-refractivity contribution is 5.61. The summed E-state index contributed by atoms with van der Waals surface area (Å²) in [5.74, 6) is 0.793. The molecule has 1 atom stereocenters. The monoisotopic (exact) mass is 261 g/mol. The SMILES string of the molecule is CCCC(O)c1noc(-c2cccc(N(C)C)c2)n1. The molecule has 0 aliphatic carbocycles. The van der Waals surface area contributed by atoms with Crippen molar-refractivity contribution in [1.29, 1.82) is 0 Å². The van der Waals surface area contributed by atoms with Gasteiger partial charge in [0.15, 0.2) is 0 Å². The molecule has 5 heteroatoms. The third kappa shape index (κ3) is 3.12. The molecule has 2 rings (SSSR count). The van der Waals surface area contributed by atoms with Gasteiger partial charge in [0.25, 0.3) is 5.89 Å². The van der Waals surface area contributed by atoms with Crippen molar-refractivity contribution >= 4 is 5.69 Å². The van der Waals surface area contributed by atoms with Crippen LogP contribution in [-0.2, 0) is 0 Å². The zero-order chi connectivity index (χ0) is 13.8. The number of hydrogen-bond donors (Lipinski definition) is 1. The molecule has 1 aromatic heterocycles. The molecule has 0 spiro atoms. The average molecular weight is 261 g/mol. The lowest BCUT2D eigenvalue weighted by Crippen LogP contribution is -2.08. The Morgan fingerprint density at radius 2 is 2.16 bits per heavy atom. The Morgan fingerprint density at radius 1 is 1.37 bits per heavy atom. The summed E-state index contributed by atoms with van der Waals surface area (Å²) in [5.41, 5.74) is 1.92. The lowest BCUT2D eigenvalue weighted by molar-refractivity contribution is 0.153. The molecular formula is C14H19N3O2. The van der Waals surface area contributed by atoms with Crippen molar-refractivity contribution in [2.75, 3.05) is 19.0 Å². The number of hydrogen-bond acceptors (Lipinski definition) is 5. The van der Waals surface area contributed by atoms with Gasteiger partial charge in [0.2, 0.25) is 5.82 Å². The van der Waals surface area contributed by atoms with Crippen LogP contribution in [0, 0.1) is 0 Å².